The molecular formula is C27H33F5O2. The summed E-state index contributed by atoms with van der Waals surface area (Å²) in [6.07, 6.45) is 8.18. The van der Waals surface area contributed by atoms with Gasteiger partial charge in [-0.3, -0.25) is 0 Å². The van der Waals surface area contributed by atoms with Crippen molar-refractivity contribution in [2.45, 2.75) is 70.6 Å². The maximum atomic E-state index is 14.6. The highest BCUT2D eigenvalue weighted by Crippen LogP contribution is 2.38. The summed E-state index contributed by atoms with van der Waals surface area (Å²) in [5.74, 6) is -6.17. The third-order valence-corrected chi connectivity index (χ3v) is 6.72. The van der Waals surface area contributed by atoms with Gasteiger partial charge in [0.2, 0.25) is 5.82 Å². The molecule has 1 aliphatic rings. The number of unbranched alkanes of at least 4 members (excludes halogenated alkanes) is 2. The summed E-state index contributed by atoms with van der Waals surface area (Å²) in [5.41, 5.74) is -0.494. The van der Waals surface area contributed by atoms with E-state index in [1.165, 1.54) is 57.1 Å². The van der Waals surface area contributed by atoms with Crippen LogP contribution in [-0.4, -0.2) is 19.6 Å². The first kappa shape index (κ1) is 26.3. The Morgan fingerprint density at radius 3 is 2.21 bits per heavy atom. The summed E-state index contributed by atoms with van der Waals surface area (Å²) < 4.78 is 81.8. The second-order valence-corrected chi connectivity index (χ2v) is 9.32. The van der Waals surface area contributed by atoms with Crippen molar-refractivity contribution >= 4 is 0 Å². The topological polar surface area (TPSA) is 18.5 Å². The Morgan fingerprint density at radius 1 is 0.882 bits per heavy atom. The van der Waals surface area contributed by atoms with Gasteiger partial charge in [0, 0.05) is 23.6 Å². The van der Waals surface area contributed by atoms with E-state index in [1.54, 1.807) is 0 Å². The fourth-order valence-electron chi connectivity index (χ4n) is 4.78. The molecule has 2 nitrogen and oxygen atoms in total. The Morgan fingerprint density at radius 2 is 1.56 bits per heavy atom. The van der Waals surface area contributed by atoms with Crippen molar-refractivity contribution in [2.24, 2.45) is 11.8 Å². The number of rotatable bonds is 11. The van der Waals surface area contributed by atoms with Gasteiger partial charge in [-0.1, -0.05) is 45.4 Å². The number of hydrogen-bond acceptors (Lipinski definition) is 2. The zero-order valence-electron chi connectivity index (χ0n) is 19.8. The molecule has 0 amide bonds. The molecule has 0 N–H and O–H groups in total. The van der Waals surface area contributed by atoms with Gasteiger partial charge in [0.25, 0.3) is 5.92 Å². The van der Waals surface area contributed by atoms with Crippen molar-refractivity contribution in [1.82, 2.24) is 0 Å². The van der Waals surface area contributed by atoms with E-state index in [0.717, 1.165) is 31.7 Å². The van der Waals surface area contributed by atoms with Crippen molar-refractivity contribution in [3.8, 4) is 22.6 Å². The monoisotopic (exact) mass is 484 g/mol. The molecule has 1 saturated carbocycles. The minimum Gasteiger partial charge on any atom is -0.494 e. The predicted octanol–water partition coefficient (Wildman–Crippen LogP) is 8.57. The summed E-state index contributed by atoms with van der Waals surface area (Å²) in [4.78, 5) is 0. The number of methoxy groups -OCH3 is 1. The van der Waals surface area contributed by atoms with Gasteiger partial charge in [-0.15, -0.1) is 0 Å². The number of benzene rings is 2. The molecule has 188 valence electrons. The summed E-state index contributed by atoms with van der Waals surface area (Å²) in [7, 11) is 1.19. The molecule has 3 rings (SSSR count). The number of alkyl halides is 2. The zero-order valence-corrected chi connectivity index (χ0v) is 19.8. The minimum atomic E-state index is -3.03. The van der Waals surface area contributed by atoms with Crippen molar-refractivity contribution in [2.75, 3.05) is 13.7 Å². The lowest BCUT2D eigenvalue weighted by atomic mass is 9.77. The molecule has 0 aromatic heterocycles. The first-order valence-corrected chi connectivity index (χ1v) is 12.1. The van der Waals surface area contributed by atoms with Gasteiger partial charge in [-0.05, 0) is 48.9 Å². The van der Waals surface area contributed by atoms with Crippen LogP contribution in [0.2, 0.25) is 0 Å². The summed E-state index contributed by atoms with van der Waals surface area (Å²) >= 11 is 0. The molecule has 2 aromatic carbocycles. The van der Waals surface area contributed by atoms with E-state index in [9.17, 15) is 22.0 Å². The van der Waals surface area contributed by atoms with Gasteiger partial charge in [-0.25, -0.2) is 17.6 Å². The van der Waals surface area contributed by atoms with Crippen LogP contribution in [0.25, 0.3) is 11.1 Å². The van der Waals surface area contributed by atoms with Gasteiger partial charge >= 0.3 is 0 Å². The molecular weight excluding hydrogens is 451 g/mol. The van der Waals surface area contributed by atoms with Crippen LogP contribution in [0.5, 0.6) is 11.5 Å². The van der Waals surface area contributed by atoms with Crippen LogP contribution in [0, 0.1) is 29.3 Å². The molecule has 34 heavy (non-hydrogen) atoms. The van der Waals surface area contributed by atoms with Crippen LogP contribution < -0.4 is 9.47 Å². The van der Waals surface area contributed by atoms with Crippen LogP contribution in [-0.2, 0) is 0 Å². The van der Waals surface area contributed by atoms with Crippen LogP contribution in [0.1, 0.15) is 64.7 Å². The second-order valence-electron chi connectivity index (χ2n) is 9.32. The Labute approximate surface area is 198 Å². The Balaban J connectivity index is 1.54. The highest BCUT2D eigenvalue weighted by Gasteiger charge is 2.35. The Kier molecular flexibility index (Phi) is 9.20. The van der Waals surface area contributed by atoms with E-state index < -0.39 is 30.0 Å². The Bertz CT molecular complexity index is 939. The third-order valence-electron chi connectivity index (χ3n) is 6.72. The van der Waals surface area contributed by atoms with Crippen LogP contribution in [0.4, 0.5) is 22.0 Å². The van der Waals surface area contributed by atoms with E-state index in [2.05, 4.69) is 6.92 Å². The normalized spacial score (nSPS) is 18.7. The third kappa shape index (κ3) is 6.86. The van der Waals surface area contributed by atoms with Crippen molar-refractivity contribution in [3.63, 3.8) is 0 Å². The first-order chi connectivity index (χ1) is 16.2. The van der Waals surface area contributed by atoms with Crippen LogP contribution in [0.3, 0.4) is 0 Å². The van der Waals surface area contributed by atoms with E-state index in [0.29, 0.717) is 5.92 Å². The molecule has 0 heterocycles. The molecule has 7 heteroatoms. The van der Waals surface area contributed by atoms with Crippen LogP contribution in [0.15, 0.2) is 30.3 Å². The maximum Gasteiger partial charge on any atom is 0.281 e. The average Bonchev–Trinajstić information content (AvgIpc) is 2.81. The lowest BCUT2D eigenvalue weighted by Gasteiger charge is -2.31. The molecule has 0 spiro atoms. The molecule has 1 aliphatic carbocycles. The predicted molar refractivity (Wildman–Crippen MR) is 123 cm³/mol. The Hall–Kier alpha value is -2.31. The minimum absolute atomic E-state index is 0.0342. The summed E-state index contributed by atoms with van der Waals surface area (Å²) in [6, 6.07) is 5.76. The molecule has 0 radical (unpaired) electrons. The fourth-order valence-corrected chi connectivity index (χ4v) is 4.78. The summed E-state index contributed by atoms with van der Waals surface area (Å²) in [6.45, 7) is 1.32. The molecule has 1 fully saturated rings. The SMILES string of the molecule is CCCCCC1CCC(CC(F)(F)COc2ccc(-c3ccc(OC)c(F)c3F)c(F)c2)CC1. The molecule has 0 unspecified atom stereocenters. The van der Waals surface area contributed by atoms with Crippen molar-refractivity contribution in [1.29, 1.82) is 0 Å². The van der Waals surface area contributed by atoms with E-state index >= 15 is 0 Å². The van der Waals surface area contributed by atoms with E-state index in [4.69, 9.17) is 9.47 Å². The van der Waals surface area contributed by atoms with E-state index in [-0.39, 0.29) is 35.0 Å². The quantitative estimate of drug-likeness (QED) is 0.235. The van der Waals surface area contributed by atoms with E-state index in [1.807, 2.05) is 0 Å². The van der Waals surface area contributed by atoms with Gasteiger partial charge in [0.05, 0.1) is 7.11 Å². The zero-order chi connectivity index (χ0) is 24.7. The lowest BCUT2D eigenvalue weighted by Crippen LogP contribution is -2.30. The van der Waals surface area contributed by atoms with Crippen molar-refractivity contribution < 1.29 is 31.4 Å². The molecule has 0 atom stereocenters. The number of halogens is 5. The second kappa shape index (κ2) is 11.9. The lowest BCUT2D eigenvalue weighted by molar-refractivity contribution is -0.0643. The van der Waals surface area contributed by atoms with Gasteiger partial charge in [0.1, 0.15) is 11.6 Å². The first-order valence-electron chi connectivity index (χ1n) is 12.1. The highest BCUT2D eigenvalue weighted by atomic mass is 19.3. The number of ether oxygens (including phenoxy) is 2. The van der Waals surface area contributed by atoms with Crippen molar-refractivity contribution in [3.05, 3.63) is 47.8 Å². The molecule has 0 bridgehead atoms. The van der Waals surface area contributed by atoms with Gasteiger partial charge in [0.15, 0.2) is 18.2 Å². The summed E-state index contributed by atoms with van der Waals surface area (Å²) in [5, 5.41) is 0. The highest BCUT2D eigenvalue weighted by molar-refractivity contribution is 5.66. The molecule has 0 saturated heterocycles. The molecule has 2 aromatic rings. The largest absolute Gasteiger partial charge is 0.494 e. The van der Waals surface area contributed by atoms with Crippen LogP contribution >= 0.6 is 0 Å². The fraction of sp³-hybridized carbons (Fsp3) is 0.556. The van der Waals surface area contributed by atoms with Gasteiger partial charge < -0.3 is 9.47 Å². The molecule has 0 aliphatic heterocycles. The smallest absolute Gasteiger partial charge is 0.281 e. The average molecular weight is 485 g/mol. The van der Waals surface area contributed by atoms with Gasteiger partial charge in [-0.2, -0.15) is 4.39 Å². The standard InChI is InChI=1S/C27H33F5O2/c1-3-4-5-6-18-7-9-19(10-8-18)16-27(31,32)17-34-20-11-12-21(23(28)15-20)22-13-14-24(33-2)26(30)25(22)29/h11-15,18-19H,3-10,16-17H2,1-2H3. The maximum absolute atomic E-state index is 14.6. The number of hydrogen-bond donors (Lipinski definition) is 0.